The van der Waals surface area contributed by atoms with Crippen molar-refractivity contribution in [3.63, 3.8) is 0 Å². The van der Waals surface area contributed by atoms with Crippen LogP contribution >= 0.6 is 11.8 Å². The van der Waals surface area contributed by atoms with E-state index in [1.807, 2.05) is 0 Å². The summed E-state index contributed by atoms with van der Waals surface area (Å²) in [4.78, 5) is 41.6. The van der Waals surface area contributed by atoms with Crippen molar-refractivity contribution in [2.75, 3.05) is 12.8 Å². The molecule has 0 aromatic carbocycles. The highest BCUT2D eigenvalue weighted by molar-refractivity contribution is 7.99. The summed E-state index contributed by atoms with van der Waals surface area (Å²) in [6.07, 6.45) is 4.31. The summed E-state index contributed by atoms with van der Waals surface area (Å²) in [6.45, 7) is 2.22. The molecular weight excluding hydrogens is 304 g/mol. The molecule has 1 aliphatic rings. The van der Waals surface area contributed by atoms with Crippen molar-refractivity contribution in [2.45, 2.75) is 18.7 Å². The second-order valence-corrected chi connectivity index (χ2v) is 5.63. The number of aromatic nitrogens is 1. The average Bonchev–Trinajstić information content (AvgIpc) is 2.78. The molecule has 116 valence electrons. The Morgan fingerprint density at radius 1 is 1.45 bits per heavy atom. The van der Waals surface area contributed by atoms with Crippen LogP contribution in [-0.4, -0.2) is 50.8 Å². The number of thioether (sulfide) groups is 1. The topological polar surface area (TPSA) is 87.6 Å². The number of rotatable bonds is 6. The standard InChI is InChI=1S/C15H16N2O4S/c1-3-17-14(21)10(7-11(18)19)12(15(17)22-2)13(20)9-5-4-6-16-8-9/h4-6,8,15H,3,7H2,1-2H3,(H,18,19). The summed E-state index contributed by atoms with van der Waals surface area (Å²) in [5, 5.41) is 8.59. The first kappa shape index (κ1) is 16.2. The zero-order valence-corrected chi connectivity index (χ0v) is 13.1. The molecular formula is C15H16N2O4S. The fraction of sp³-hybridized carbons (Fsp3) is 0.333. The molecule has 22 heavy (non-hydrogen) atoms. The molecule has 1 aromatic heterocycles. The van der Waals surface area contributed by atoms with Crippen molar-refractivity contribution in [3.05, 3.63) is 41.2 Å². The molecule has 0 saturated carbocycles. The van der Waals surface area contributed by atoms with Gasteiger partial charge in [-0.2, -0.15) is 0 Å². The quantitative estimate of drug-likeness (QED) is 0.801. The molecule has 1 unspecified atom stereocenters. The Labute approximate surface area is 132 Å². The molecule has 0 bridgehead atoms. The molecule has 6 nitrogen and oxygen atoms in total. The Morgan fingerprint density at radius 2 is 2.18 bits per heavy atom. The number of pyridine rings is 1. The van der Waals surface area contributed by atoms with Crippen LogP contribution < -0.4 is 0 Å². The molecule has 1 N–H and O–H groups in total. The van der Waals surface area contributed by atoms with Crippen LogP contribution in [0.2, 0.25) is 0 Å². The molecule has 2 heterocycles. The summed E-state index contributed by atoms with van der Waals surface area (Å²) in [5.41, 5.74) is 0.683. The summed E-state index contributed by atoms with van der Waals surface area (Å²) >= 11 is 1.34. The smallest absolute Gasteiger partial charge is 0.308 e. The van der Waals surface area contributed by atoms with E-state index in [2.05, 4.69) is 4.98 Å². The van der Waals surface area contributed by atoms with Crippen LogP contribution in [0.25, 0.3) is 0 Å². The van der Waals surface area contributed by atoms with Crippen LogP contribution in [0.15, 0.2) is 35.7 Å². The van der Waals surface area contributed by atoms with Crippen LogP contribution in [0.3, 0.4) is 0 Å². The molecule has 7 heteroatoms. The minimum Gasteiger partial charge on any atom is -0.481 e. The van der Waals surface area contributed by atoms with Crippen LogP contribution in [0.1, 0.15) is 23.7 Å². The predicted octanol–water partition coefficient (Wildman–Crippen LogP) is 1.59. The molecule has 0 radical (unpaired) electrons. The number of Topliss-reactive ketones (excluding diaryl/α,β-unsaturated/α-hetero) is 1. The van der Waals surface area contributed by atoms with Gasteiger partial charge in [0.05, 0.1) is 6.42 Å². The Kier molecular flexibility index (Phi) is 4.97. The van der Waals surface area contributed by atoms with Crippen molar-refractivity contribution >= 4 is 29.4 Å². The summed E-state index contributed by atoms with van der Waals surface area (Å²) in [6, 6.07) is 3.24. The Morgan fingerprint density at radius 3 is 2.68 bits per heavy atom. The third-order valence-electron chi connectivity index (χ3n) is 3.43. The van der Waals surface area contributed by atoms with Crippen molar-refractivity contribution in [2.24, 2.45) is 0 Å². The van der Waals surface area contributed by atoms with E-state index in [1.54, 1.807) is 31.5 Å². The maximum Gasteiger partial charge on any atom is 0.308 e. The van der Waals surface area contributed by atoms with Crippen LogP contribution in [-0.2, 0) is 9.59 Å². The average molecular weight is 320 g/mol. The maximum atomic E-state index is 12.7. The van der Waals surface area contributed by atoms with E-state index >= 15 is 0 Å². The summed E-state index contributed by atoms with van der Waals surface area (Å²) in [7, 11) is 0. The first-order valence-electron chi connectivity index (χ1n) is 6.74. The van der Waals surface area contributed by atoms with E-state index in [4.69, 9.17) is 5.11 Å². The number of carbonyl (C=O) groups is 3. The van der Waals surface area contributed by atoms with Crippen LogP contribution in [0, 0.1) is 0 Å². The van der Waals surface area contributed by atoms with E-state index in [0.717, 1.165) is 0 Å². The zero-order valence-electron chi connectivity index (χ0n) is 12.3. The van der Waals surface area contributed by atoms with Crippen molar-refractivity contribution in [3.8, 4) is 0 Å². The molecule has 0 saturated heterocycles. The number of aliphatic carboxylic acids is 1. The lowest BCUT2D eigenvalue weighted by Crippen LogP contribution is -2.34. The van der Waals surface area contributed by atoms with Crippen molar-refractivity contribution < 1.29 is 19.5 Å². The van der Waals surface area contributed by atoms with Gasteiger partial charge in [0.1, 0.15) is 5.37 Å². The summed E-state index contributed by atoms with van der Waals surface area (Å²) in [5.74, 6) is -1.85. The number of hydrogen-bond acceptors (Lipinski definition) is 5. The lowest BCUT2D eigenvalue weighted by atomic mass is 9.99. The molecule has 0 spiro atoms. The molecule has 1 aromatic rings. The Balaban J connectivity index is 2.53. The number of hydrogen-bond donors (Lipinski definition) is 1. The van der Waals surface area contributed by atoms with Crippen molar-refractivity contribution in [1.29, 1.82) is 0 Å². The third kappa shape index (κ3) is 2.89. The van der Waals surface area contributed by atoms with Gasteiger partial charge in [-0.15, -0.1) is 11.8 Å². The minimum absolute atomic E-state index is 0.0718. The first-order chi connectivity index (χ1) is 10.5. The molecule has 1 atom stereocenters. The van der Waals surface area contributed by atoms with Crippen LogP contribution in [0.5, 0.6) is 0 Å². The number of likely N-dealkylation sites (N-methyl/N-ethyl adjacent to an activating group) is 1. The SMILES string of the molecule is CCN1C(=O)C(CC(=O)O)=C(C(=O)c2cccnc2)C1SC. The Hall–Kier alpha value is -2.15. The molecule has 2 rings (SSSR count). The van der Waals surface area contributed by atoms with Gasteiger partial charge in [-0.25, -0.2) is 0 Å². The molecule has 1 aliphatic heterocycles. The minimum atomic E-state index is -1.13. The molecule has 0 aliphatic carbocycles. The molecule has 1 amide bonds. The van der Waals surface area contributed by atoms with Gasteiger partial charge in [0.15, 0.2) is 5.78 Å². The summed E-state index contributed by atoms with van der Waals surface area (Å²) < 4.78 is 0. The van der Waals surface area contributed by atoms with Gasteiger partial charge in [0.25, 0.3) is 5.91 Å². The predicted molar refractivity (Wildman–Crippen MR) is 82.5 cm³/mol. The maximum absolute atomic E-state index is 12.7. The normalized spacial score (nSPS) is 18.0. The van der Waals surface area contributed by atoms with Gasteiger partial charge in [-0.3, -0.25) is 19.4 Å². The van der Waals surface area contributed by atoms with Gasteiger partial charge in [-0.1, -0.05) is 0 Å². The number of carboxylic acids is 1. The number of nitrogens with zero attached hydrogens (tertiary/aromatic N) is 2. The highest BCUT2D eigenvalue weighted by Crippen LogP contribution is 2.35. The second kappa shape index (κ2) is 6.74. The molecule has 0 fully saturated rings. The van der Waals surface area contributed by atoms with E-state index in [9.17, 15) is 14.4 Å². The monoisotopic (exact) mass is 320 g/mol. The van der Waals surface area contributed by atoms with Gasteiger partial charge >= 0.3 is 5.97 Å². The third-order valence-corrected chi connectivity index (χ3v) is 4.37. The van der Waals surface area contributed by atoms with Crippen molar-refractivity contribution in [1.82, 2.24) is 9.88 Å². The number of carbonyl (C=O) groups excluding carboxylic acids is 2. The zero-order chi connectivity index (χ0) is 16.3. The number of carboxylic acid groups (broad SMARTS) is 1. The van der Waals surface area contributed by atoms with Gasteiger partial charge < -0.3 is 10.0 Å². The highest BCUT2D eigenvalue weighted by atomic mass is 32.2. The lowest BCUT2D eigenvalue weighted by Gasteiger charge is -2.23. The van der Waals surface area contributed by atoms with E-state index in [0.29, 0.717) is 12.1 Å². The Bertz CT molecular complexity index is 642. The number of amides is 1. The first-order valence-corrected chi connectivity index (χ1v) is 8.03. The van der Waals surface area contributed by atoms with E-state index < -0.39 is 17.8 Å². The van der Waals surface area contributed by atoms with Gasteiger partial charge in [0.2, 0.25) is 0 Å². The number of ketones is 1. The van der Waals surface area contributed by atoms with E-state index in [1.165, 1.54) is 22.9 Å². The lowest BCUT2D eigenvalue weighted by molar-refractivity contribution is -0.137. The fourth-order valence-corrected chi connectivity index (χ4v) is 3.46. The van der Waals surface area contributed by atoms with Gasteiger partial charge in [-0.05, 0) is 25.3 Å². The largest absolute Gasteiger partial charge is 0.481 e. The second-order valence-electron chi connectivity index (χ2n) is 4.71. The highest BCUT2D eigenvalue weighted by Gasteiger charge is 2.41. The van der Waals surface area contributed by atoms with Gasteiger partial charge in [0, 0.05) is 35.6 Å². The van der Waals surface area contributed by atoms with Crippen LogP contribution in [0.4, 0.5) is 0 Å². The fourth-order valence-electron chi connectivity index (χ4n) is 2.48. The van der Waals surface area contributed by atoms with E-state index in [-0.39, 0.29) is 22.8 Å².